The van der Waals surface area contributed by atoms with Crippen molar-refractivity contribution < 1.29 is 14.3 Å². The van der Waals surface area contributed by atoms with E-state index in [0.717, 1.165) is 12.8 Å². The number of nitriles is 1. The third-order valence-corrected chi connectivity index (χ3v) is 2.07. The van der Waals surface area contributed by atoms with Crippen molar-refractivity contribution in [3.05, 3.63) is 0 Å². The van der Waals surface area contributed by atoms with Gasteiger partial charge < -0.3 is 9.64 Å². The van der Waals surface area contributed by atoms with Gasteiger partial charge in [-0.2, -0.15) is 5.26 Å². The number of methoxy groups -OCH3 is 1. The zero-order valence-corrected chi connectivity index (χ0v) is 8.02. The summed E-state index contributed by atoms with van der Waals surface area (Å²) in [5, 5.41) is 8.39. The minimum atomic E-state index is -0.852. The number of carbonyl (C=O) groups excluding carboxylic acids is 2. The maximum absolute atomic E-state index is 11.4. The largest absolute Gasteiger partial charge is 0.462 e. The highest BCUT2D eigenvalue weighted by Gasteiger charge is 2.35. The molecule has 0 aromatic carbocycles. The average Bonchev–Trinajstić information content (AvgIpc) is 3.01. The molecule has 1 rings (SSSR count). The number of nitrogens with zero attached hydrogens (tertiary/aromatic N) is 2. The number of rotatable bonds is 3. The average molecular weight is 196 g/mol. The van der Waals surface area contributed by atoms with Crippen LogP contribution in [0.1, 0.15) is 19.3 Å². The predicted molar refractivity (Wildman–Crippen MR) is 47.0 cm³/mol. The first kappa shape index (κ1) is 10.5. The van der Waals surface area contributed by atoms with Crippen molar-refractivity contribution in [2.75, 3.05) is 13.7 Å². The van der Waals surface area contributed by atoms with E-state index in [0.29, 0.717) is 6.54 Å². The van der Waals surface area contributed by atoms with Crippen LogP contribution in [0.2, 0.25) is 0 Å². The first-order chi connectivity index (χ1) is 6.70. The summed E-state index contributed by atoms with van der Waals surface area (Å²) in [7, 11) is 1.18. The van der Waals surface area contributed by atoms with Crippen LogP contribution in [0.25, 0.3) is 0 Å². The normalized spacial score (nSPS) is 14.3. The number of hydrogen-bond donors (Lipinski definition) is 0. The zero-order valence-electron chi connectivity index (χ0n) is 8.02. The van der Waals surface area contributed by atoms with Crippen molar-refractivity contribution in [2.45, 2.75) is 25.3 Å². The van der Waals surface area contributed by atoms with E-state index in [1.165, 1.54) is 12.0 Å². The second kappa shape index (κ2) is 4.61. The molecule has 1 saturated carbocycles. The number of carbonyl (C=O) groups is 2. The van der Waals surface area contributed by atoms with Gasteiger partial charge in [0.1, 0.15) is 0 Å². The summed E-state index contributed by atoms with van der Waals surface area (Å²) in [6.07, 6.45) is 2.07. The van der Waals surface area contributed by atoms with Crippen molar-refractivity contribution >= 4 is 11.9 Å². The molecule has 0 aromatic rings. The van der Waals surface area contributed by atoms with Crippen molar-refractivity contribution in [1.29, 1.82) is 5.26 Å². The summed E-state index contributed by atoms with van der Waals surface area (Å²) in [4.78, 5) is 23.8. The quantitative estimate of drug-likeness (QED) is 0.473. The van der Waals surface area contributed by atoms with Crippen LogP contribution >= 0.6 is 0 Å². The van der Waals surface area contributed by atoms with Gasteiger partial charge in [0.15, 0.2) is 0 Å². The van der Waals surface area contributed by atoms with Gasteiger partial charge in [0.2, 0.25) is 0 Å². The zero-order chi connectivity index (χ0) is 10.6. The SMILES string of the molecule is COC(=O)C(=O)N(CCC#N)C1CC1. The number of amides is 1. The van der Waals surface area contributed by atoms with Gasteiger partial charge in [-0.25, -0.2) is 4.79 Å². The number of esters is 1. The van der Waals surface area contributed by atoms with Crippen molar-refractivity contribution in [3.63, 3.8) is 0 Å². The lowest BCUT2D eigenvalue weighted by Gasteiger charge is -2.18. The molecule has 1 aliphatic carbocycles. The van der Waals surface area contributed by atoms with E-state index in [9.17, 15) is 9.59 Å². The van der Waals surface area contributed by atoms with Crippen LogP contribution in [-0.4, -0.2) is 36.5 Å². The summed E-state index contributed by atoms with van der Waals surface area (Å²) in [5.41, 5.74) is 0. The standard InChI is InChI=1S/C9H12N2O3/c1-14-9(13)8(12)11(6-2-5-10)7-3-4-7/h7H,2-4,6H2,1H3. The second-order valence-electron chi connectivity index (χ2n) is 3.13. The van der Waals surface area contributed by atoms with Crippen molar-refractivity contribution in [2.24, 2.45) is 0 Å². The van der Waals surface area contributed by atoms with Crippen LogP contribution in [0.4, 0.5) is 0 Å². The third-order valence-electron chi connectivity index (χ3n) is 2.07. The van der Waals surface area contributed by atoms with Gasteiger partial charge in [0, 0.05) is 12.6 Å². The molecule has 0 atom stereocenters. The lowest BCUT2D eigenvalue weighted by Crippen LogP contribution is -2.39. The number of hydrogen-bond acceptors (Lipinski definition) is 4. The fourth-order valence-corrected chi connectivity index (χ4v) is 1.21. The Morgan fingerprint density at radius 3 is 2.64 bits per heavy atom. The molecule has 0 N–H and O–H groups in total. The molecule has 0 heterocycles. The maximum Gasteiger partial charge on any atom is 0.396 e. The Hall–Kier alpha value is -1.57. The van der Waals surface area contributed by atoms with Crippen LogP contribution in [0.5, 0.6) is 0 Å². The molecular formula is C9H12N2O3. The Balaban J connectivity index is 2.53. The third kappa shape index (κ3) is 2.46. The van der Waals surface area contributed by atoms with Gasteiger partial charge in [-0.1, -0.05) is 0 Å². The van der Waals surface area contributed by atoms with Gasteiger partial charge in [0.25, 0.3) is 0 Å². The van der Waals surface area contributed by atoms with Gasteiger partial charge in [-0.3, -0.25) is 4.79 Å². The summed E-state index contributed by atoms with van der Waals surface area (Å²) in [6.45, 7) is 0.315. The molecule has 14 heavy (non-hydrogen) atoms. The Morgan fingerprint density at radius 1 is 1.57 bits per heavy atom. The molecule has 0 unspecified atom stereocenters. The molecule has 0 spiro atoms. The molecule has 5 nitrogen and oxygen atoms in total. The molecule has 0 radical (unpaired) electrons. The van der Waals surface area contributed by atoms with Crippen LogP contribution in [0, 0.1) is 11.3 Å². The van der Waals surface area contributed by atoms with Gasteiger partial charge in [0.05, 0.1) is 19.6 Å². The van der Waals surface area contributed by atoms with Gasteiger partial charge in [-0.15, -0.1) is 0 Å². The van der Waals surface area contributed by atoms with Gasteiger partial charge >= 0.3 is 11.9 Å². The fourth-order valence-electron chi connectivity index (χ4n) is 1.21. The minimum absolute atomic E-state index is 0.134. The maximum atomic E-state index is 11.4. The Kier molecular flexibility index (Phi) is 3.46. The molecule has 0 aromatic heterocycles. The molecule has 0 aliphatic heterocycles. The summed E-state index contributed by atoms with van der Waals surface area (Å²) in [6, 6.07) is 2.08. The fraction of sp³-hybridized carbons (Fsp3) is 0.667. The molecule has 0 saturated heterocycles. The van der Waals surface area contributed by atoms with E-state index in [1.807, 2.05) is 6.07 Å². The van der Waals surface area contributed by atoms with Crippen LogP contribution in [0.3, 0.4) is 0 Å². The van der Waals surface area contributed by atoms with E-state index in [2.05, 4.69) is 4.74 Å². The van der Waals surface area contributed by atoms with E-state index in [4.69, 9.17) is 5.26 Å². The first-order valence-corrected chi connectivity index (χ1v) is 4.46. The Labute approximate surface area is 82.2 Å². The van der Waals surface area contributed by atoms with E-state index in [-0.39, 0.29) is 12.5 Å². The van der Waals surface area contributed by atoms with E-state index in [1.54, 1.807) is 0 Å². The predicted octanol–water partition coefficient (Wildman–Crippen LogP) is 0.0641. The highest BCUT2D eigenvalue weighted by atomic mass is 16.5. The van der Waals surface area contributed by atoms with Crippen LogP contribution in [0.15, 0.2) is 0 Å². The smallest absolute Gasteiger partial charge is 0.396 e. The topological polar surface area (TPSA) is 70.4 Å². The minimum Gasteiger partial charge on any atom is -0.462 e. The molecule has 1 amide bonds. The van der Waals surface area contributed by atoms with Crippen LogP contribution < -0.4 is 0 Å². The van der Waals surface area contributed by atoms with Gasteiger partial charge in [-0.05, 0) is 12.8 Å². The first-order valence-electron chi connectivity index (χ1n) is 4.46. The lowest BCUT2D eigenvalue weighted by molar-refractivity contribution is -0.158. The van der Waals surface area contributed by atoms with Crippen molar-refractivity contribution in [3.8, 4) is 6.07 Å². The monoisotopic (exact) mass is 196 g/mol. The highest BCUT2D eigenvalue weighted by molar-refractivity contribution is 6.32. The lowest BCUT2D eigenvalue weighted by atomic mass is 10.3. The second-order valence-corrected chi connectivity index (χ2v) is 3.13. The summed E-state index contributed by atoms with van der Waals surface area (Å²) >= 11 is 0. The molecule has 1 aliphatic rings. The summed E-state index contributed by atoms with van der Waals surface area (Å²) < 4.78 is 4.34. The van der Waals surface area contributed by atoms with Crippen molar-refractivity contribution in [1.82, 2.24) is 4.90 Å². The summed E-state index contributed by atoms with van der Waals surface area (Å²) in [5.74, 6) is -1.49. The Bertz CT molecular complexity index is 278. The molecular weight excluding hydrogens is 184 g/mol. The van der Waals surface area contributed by atoms with E-state index >= 15 is 0 Å². The number of ether oxygens (including phenoxy) is 1. The highest BCUT2D eigenvalue weighted by Crippen LogP contribution is 2.27. The molecule has 0 bridgehead atoms. The molecule has 76 valence electrons. The molecule has 1 fully saturated rings. The van der Waals surface area contributed by atoms with Crippen LogP contribution in [-0.2, 0) is 14.3 Å². The Morgan fingerprint density at radius 2 is 2.21 bits per heavy atom. The molecule has 5 heteroatoms. The van der Waals surface area contributed by atoms with E-state index < -0.39 is 11.9 Å².